The second-order valence-corrected chi connectivity index (χ2v) is 6.41. The number of hydrazone groups is 1. The Balaban J connectivity index is 1.58. The number of rotatable bonds is 6. The Morgan fingerprint density at radius 2 is 1.70 bits per heavy atom. The molecule has 0 bridgehead atoms. The lowest BCUT2D eigenvalue weighted by Crippen LogP contribution is -2.17. The third-order valence-electron chi connectivity index (χ3n) is 3.85. The van der Waals surface area contributed by atoms with Crippen LogP contribution < -0.4 is 10.2 Å². The predicted molar refractivity (Wildman–Crippen MR) is 111 cm³/mol. The molecule has 0 heterocycles. The smallest absolute Gasteiger partial charge is 0.343 e. The van der Waals surface area contributed by atoms with E-state index in [1.54, 1.807) is 42.5 Å². The van der Waals surface area contributed by atoms with Crippen molar-refractivity contribution in [3.8, 4) is 5.75 Å². The van der Waals surface area contributed by atoms with Crippen LogP contribution >= 0.6 is 11.6 Å². The van der Waals surface area contributed by atoms with Gasteiger partial charge in [0, 0.05) is 22.7 Å². The maximum absolute atomic E-state index is 12.1. The van der Waals surface area contributed by atoms with E-state index in [1.807, 2.05) is 0 Å². The number of benzene rings is 3. The molecule has 0 radical (unpaired) electrons. The highest BCUT2D eigenvalue weighted by molar-refractivity contribution is 6.30. The van der Waals surface area contributed by atoms with Crippen LogP contribution in [0, 0.1) is 10.1 Å². The Morgan fingerprint density at radius 1 is 1.00 bits per heavy atom. The Hall–Kier alpha value is -4.04. The van der Waals surface area contributed by atoms with Gasteiger partial charge in [-0.25, -0.2) is 10.2 Å². The molecule has 9 heteroatoms. The number of nitro benzene ring substituents is 1. The van der Waals surface area contributed by atoms with E-state index in [4.69, 9.17) is 16.3 Å². The summed E-state index contributed by atoms with van der Waals surface area (Å²) in [5.74, 6) is -0.789. The van der Waals surface area contributed by atoms with E-state index in [1.165, 1.54) is 30.5 Å². The number of esters is 1. The first-order chi connectivity index (χ1) is 14.4. The fraction of sp³-hybridized carbons (Fsp3) is 0. The van der Waals surface area contributed by atoms with Crippen LogP contribution in [-0.2, 0) is 0 Å². The van der Waals surface area contributed by atoms with Crippen molar-refractivity contribution in [2.75, 3.05) is 0 Å². The van der Waals surface area contributed by atoms with Crippen LogP contribution in [0.5, 0.6) is 5.75 Å². The lowest BCUT2D eigenvalue weighted by molar-refractivity contribution is -0.384. The first-order valence-corrected chi connectivity index (χ1v) is 8.96. The van der Waals surface area contributed by atoms with Crippen molar-refractivity contribution in [2.24, 2.45) is 5.10 Å². The van der Waals surface area contributed by atoms with Gasteiger partial charge in [-0.15, -0.1) is 0 Å². The topological polar surface area (TPSA) is 111 Å². The fourth-order valence-corrected chi connectivity index (χ4v) is 2.58. The van der Waals surface area contributed by atoms with Crippen molar-refractivity contribution < 1.29 is 19.2 Å². The maximum Gasteiger partial charge on any atom is 0.343 e. The third-order valence-corrected chi connectivity index (χ3v) is 4.08. The van der Waals surface area contributed by atoms with Gasteiger partial charge in [0.25, 0.3) is 11.6 Å². The summed E-state index contributed by atoms with van der Waals surface area (Å²) in [5.41, 5.74) is 3.19. The van der Waals surface area contributed by atoms with Gasteiger partial charge in [0.1, 0.15) is 5.75 Å². The number of amides is 1. The Labute approximate surface area is 175 Å². The van der Waals surface area contributed by atoms with Gasteiger partial charge in [-0.2, -0.15) is 5.10 Å². The molecule has 0 spiro atoms. The molecule has 0 aromatic heterocycles. The van der Waals surface area contributed by atoms with E-state index in [0.717, 1.165) is 6.07 Å². The Bertz CT molecular complexity index is 1130. The standard InChI is InChI=1S/C21H14ClN3O5/c22-17-5-1-4-16(11-17)21(27)30-19-9-7-14(8-10-19)13-23-24-20(26)15-3-2-6-18(12-15)25(28)29/h1-13H,(H,24,26)/b23-13-. The number of hydrogen-bond donors (Lipinski definition) is 1. The number of nitrogens with zero attached hydrogens (tertiary/aromatic N) is 2. The SMILES string of the molecule is O=C(N/N=C\c1ccc(OC(=O)c2cccc(Cl)c2)cc1)c1cccc([N+](=O)[O-])c1. The molecule has 3 aromatic carbocycles. The summed E-state index contributed by atoms with van der Waals surface area (Å²) >= 11 is 5.86. The highest BCUT2D eigenvalue weighted by Crippen LogP contribution is 2.16. The van der Waals surface area contributed by atoms with Gasteiger partial charge in [-0.3, -0.25) is 14.9 Å². The lowest BCUT2D eigenvalue weighted by Gasteiger charge is -2.05. The summed E-state index contributed by atoms with van der Waals surface area (Å²) in [6.07, 6.45) is 1.39. The maximum atomic E-state index is 12.1. The van der Waals surface area contributed by atoms with E-state index in [0.29, 0.717) is 21.9 Å². The molecule has 30 heavy (non-hydrogen) atoms. The minimum Gasteiger partial charge on any atom is -0.423 e. The zero-order chi connectivity index (χ0) is 21.5. The molecule has 0 aliphatic heterocycles. The molecule has 3 rings (SSSR count). The van der Waals surface area contributed by atoms with E-state index in [-0.39, 0.29) is 11.3 Å². The highest BCUT2D eigenvalue weighted by Gasteiger charge is 2.11. The minimum atomic E-state index is -0.583. The molecule has 0 aliphatic rings. The molecule has 0 aliphatic carbocycles. The molecular weight excluding hydrogens is 410 g/mol. The van der Waals surface area contributed by atoms with Crippen LogP contribution in [0.15, 0.2) is 77.9 Å². The number of nitrogens with one attached hydrogen (secondary N) is 1. The van der Waals surface area contributed by atoms with Crippen molar-refractivity contribution in [3.63, 3.8) is 0 Å². The quantitative estimate of drug-likeness (QED) is 0.210. The average molecular weight is 424 g/mol. The zero-order valence-electron chi connectivity index (χ0n) is 15.3. The van der Waals surface area contributed by atoms with E-state index >= 15 is 0 Å². The summed E-state index contributed by atoms with van der Waals surface area (Å²) in [5, 5.41) is 15.0. The summed E-state index contributed by atoms with van der Waals surface area (Å²) in [6.45, 7) is 0. The minimum absolute atomic E-state index is 0.115. The van der Waals surface area contributed by atoms with Gasteiger partial charge < -0.3 is 4.74 Å². The van der Waals surface area contributed by atoms with Gasteiger partial charge in [-0.05, 0) is 54.1 Å². The van der Waals surface area contributed by atoms with Crippen LogP contribution in [0.25, 0.3) is 0 Å². The van der Waals surface area contributed by atoms with Gasteiger partial charge in [-0.1, -0.05) is 23.7 Å². The van der Waals surface area contributed by atoms with E-state index in [2.05, 4.69) is 10.5 Å². The molecule has 0 saturated carbocycles. The van der Waals surface area contributed by atoms with Crippen molar-refractivity contribution in [3.05, 3.63) is 105 Å². The molecule has 1 N–H and O–H groups in total. The normalized spacial score (nSPS) is 10.6. The summed E-state index contributed by atoms with van der Waals surface area (Å²) in [7, 11) is 0. The largest absolute Gasteiger partial charge is 0.423 e. The number of hydrogen-bond acceptors (Lipinski definition) is 6. The van der Waals surface area contributed by atoms with Crippen molar-refractivity contribution in [1.29, 1.82) is 0 Å². The lowest BCUT2D eigenvalue weighted by atomic mass is 10.2. The number of carbonyl (C=O) groups excluding carboxylic acids is 2. The Morgan fingerprint density at radius 3 is 2.40 bits per heavy atom. The van der Waals surface area contributed by atoms with Gasteiger partial charge in [0.15, 0.2) is 0 Å². The highest BCUT2D eigenvalue weighted by atomic mass is 35.5. The second-order valence-electron chi connectivity index (χ2n) is 5.98. The molecule has 3 aromatic rings. The number of carbonyl (C=O) groups is 2. The Kier molecular flexibility index (Phi) is 6.51. The van der Waals surface area contributed by atoms with Gasteiger partial charge >= 0.3 is 5.97 Å². The number of non-ortho nitro benzene ring substituents is 1. The summed E-state index contributed by atoms with van der Waals surface area (Å²) in [4.78, 5) is 34.3. The van der Waals surface area contributed by atoms with Crippen molar-refractivity contribution >= 4 is 35.4 Å². The molecule has 0 atom stereocenters. The van der Waals surface area contributed by atoms with Crippen LogP contribution in [0.2, 0.25) is 5.02 Å². The van der Waals surface area contributed by atoms with Crippen molar-refractivity contribution in [2.45, 2.75) is 0 Å². The van der Waals surface area contributed by atoms with Crippen LogP contribution in [0.1, 0.15) is 26.3 Å². The first kappa shape index (κ1) is 20.7. The predicted octanol–water partition coefficient (Wildman–Crippen LogP) is 4.23. The molecular formula is C21H14ClN3O5. The van der Waals surface area contributed by atoms with Crippen LogP contribution in [0.4, 0.5) is 5.69 Å². The van der Waals surface area contributed by atoms with E-state index < -0.39 is 16.8 Å². The molecule has 8 nitrogen and oxygen atoms in total. The fourth-order valence-electron chi connectivity index (χ4n) is 2.39. The summed E-state index contributed by atoms with van der Waals surface area (Å²) in [6, 6.07) is 18.2. The van der Waals surface area contributed by atoms with Gasteiger partial charge in [0.2, 0.25) is 0 Å². The monoisotopic (exact) mass is 423 g/mol. The number of nitro groups is 1. The summed E-state index contributed by atoms with van der Waals surface area (Å²) < 4.78 is 5.27. The van der Waals surface area contributed by atoms with E-state index in [9.17, 15) is 19.7 Å². The molecule has 0 saturated heterocycles. The molecule has 0 fully saturated rings. The van der Waals surface area contributed by atoms with Crippen molar-refractivity contribution in [1.82, 2.24) is 5.43 Å². The first-order valence-electron chi connectivity index (χ1n) is 8.58. The van der Waals surface area contributed by atoms with Gasteiger partial charge in [0.05, 0.1) is 16.7 Å². The zero-order valence-corrected chi connectivity index (χ0v) is 16.1. The number of ether oxygens (including phenoxy) is 1. The molecule has 1 amide bonds. The average Bonchev–Trinajstić information content (AvgIpc) is 2.75. The van der Waals surface area contributed by atoms with Crippen LogP contribution in [-0.4, -0.2) is 23.0 Å². The molecule has 0 unspecified atom stereocenters. The third kappa shape index (κ3) is 5.49. The van der Waals surface area contributed by atoms with Crippen LogP contribution in [0.3, 0.4) is 0 Å². The molecule has 150 valence electrons. The number of halogens is 1. The second kappa shape index (κ2) is 9.44.